The molecule has 2 N–H and O–H groups in total. The summed E-state index contributed by atoms with van der Waals surface area (Å²) in [6.45, 7) is 2.35. The van der Waals surface area contributed by atoms with Gasteiger partial charge >= 0.3 is 12.0 Å². The number of halogens is 3. The maximum Gasteiger partial charge on any atom is 0.573 e. The molecule has 12 heteroatoms. The normalized spacial score (nSPS) is 11.0. The Morgan fingerprint density at radius 2 is 1.42 bits per heavy atom. The average Bonchev–Trinajstić information content (AvgIpc) is 2.70. The molecule has 2 aromatic carbocycles. The van der Waals surface area contributed by atoms with Gasteiger partial charge in [0.25, 0.3) is 0 Å². The van der Waals surface area contributed by atoms with Crippen LogP contribution in [0.15, 0.2) is 54.9 Å². The van der Waals surface area contributed by atoms with Crippen molar-refractivity contribution in [2.75, 3.05) is 17.2 Å². The fourth-order valence-corrected chi connectivity index (χ4v) is 2.55. The van der Waals surface area contributed by atoms with Crippen molar-refractivity contribution in [2.45, 2.75) is 13.3 Å². The van der Waals surface area contributed by atoms with E-state index >= 15 is 0 Å². The van der Waals surface area contributed by atoms with Crippen LogP contribution in [0.25, 0.3) is 0 Å². The zero-order valence-corrected chi connectivity index (χ0v) is 16.0. The van der Waals surface area contributed by atoms with Gasteiger partial charge in [-0.3, -0.25) is 10.1 Å². The smallest absolute Gasteiger partial charge is 0.494 e. The van der Waals surface area contributed by atoms with Crippen molar-refractivity contribution < 1.29 is 27.6 Å². The van der Waals surface area contributed by atoms with Gasteiger partial charge in [0.15, 0.2) is 0 Å². The van der Waals surface area contributed by atoms with Crippen LogP contribution < -0.4 is 20.1 Å². The molecule has 0 bridgehead atoms. The standard InChI is InChI=1S/C19H16F3N5O4/c1-2-30-14-7-3-12(4-8-14)25-17-16(27(28)29)18(24-11-23-17)26-13-5-9-15(10-6-13)31-19(20,21)22/h3-11H,2H2,1H3,(H2,23,24,25,26). The molecule has 0 amide bonds. The van der Waals surface area contributed by atoms with E-state index in [-0.39, 0.29) is 17.3 Å². The predicted molar refractivity (Wildman–Crippen MR) is 106 cm³/mol. The number of anilines is 4. The second kappa shape index (κ2) is 9.15. The van der Waals surface area contributed by atoms with Gasteiger partial charge in [-0.25, -0.2) is 9.97 Å². The molecule has 1 heterocycles. The van der Waals surface area contributed by atoms with E-state index in [9.17, 15) is 23.3 Å². The lowest BCUT2D eigenvalue weighted by Crippen LogP contribution is -2.17. The van der Waals surface area contributed by atoms with E-state index in [0.29, 0.717) is 18.0 Å². The lowest BCUT2D eigenvalue weighted by Gasteiger charge is -2.12. The van der Waals surface area contributed by atoms with Crippen molar-refractivity contribution in [3.05, 3.63) is 65.0 Å². The molecule has 0 unspecified atom stereocenters. The van der Waals surface area contributed by atoms with Gasteiger partial charge in [0.1, 0.15) is 17.8 Å². The first-order valence-electron chi connectivity index (χ1n) is 8.87. The van der Waals surface area contributed by atoms with Crippen LogP contribution in [0.4, 0.5) is 41.9 Å². The van der Waals surface area contributed by atoms with Crippen LogP contribution in [-0.4, -0.2) is 27.9 Å². The van der Waals surface area contributed by atoms with E-state index in [2.05, 4.69) is 25.3 Å². The van der Waals surface area contributed by atoms with Crippen LogP contribution in [-0.2, 0) is 0 Å². The Hall–Kier alpha value is -4.09. The van der Waals surface area contributed by atoms with Crippen LogP contribution in [0.2, 0.25) is 0 Å². The first kappa shape index (κ1) is 21.6. The summed E-state index contributed by atoms with van der Waals surface area (Å²) < 4.78 is 46.0. The molecule has 9 nitrogen and oxygen atoms in total. The number of hydrogen-bond acceptors (Lipinski definition) is 8. The molecule has 31 heavy (non-hydrogen) atoms. The lowest BCUT2D eigenvalue weighted by molar-refractivity contribution is -0.383. The van der Waals surface area contributed by atoms with Gasteiger partial charge in [-0.05, 0) is 55.5 Å². The third-order valence-electron chi connectivity index (χ3n) is 3.78. The Balaban J connectivity index is 1.82. The number of benzene rings is 2. The maximum atomic E-state index is 12.3. The number of hydrogen-bond donors (Lipinski definition) is 2. The zero-order valence-electron chi connectivity index (χ0n) is 16.0. The Morgan fingerprint density at radius 3 is 1.84 bits per heavy atom. The number of nitro groups is 1. The SMILES string of the molecule is CCOc1ccc(Nc2ncnc(Nc3ccc(OC(F)(F)F)cc3)c2[N+](=O)[O-])cc1. The van der Waals surface area contributed by atoms with Crippen LogP contribution >= 0.6 is 0 Å². The van der Waals surface area contributed by atoms with Crippen molar-refractivity contribution in [3.63, 3.8) is 0 Å². The Morgan fingerprint density at radius 1 is 0.935 bits per heavy atom. The van der Waals surface area contributed by atoms with Gasteiger partial charge in [-0.1, -0.05) is 0 Å². The molecule has 0 saturated heterocycles. The molecule has 0 aliphatic carbocycles. The van der Waals surface area contributed by atoms with Crippen molar-refractivity contribution in [1.29, 1.82) is 0 Å². The first-order valence-corrected chi connectivity index (χ1v) is 8.87. The van der Waals surface area contributed by atoms with Crippen LogP contribution in [0.5, 0.6) is 11.5 Å². The molecule has 0 spiro atoms. The van der Waals surface area contributed by atoms with Crippen molar-refractivity contribution >= 4 is 28.7 Å². The molecule has 0 aliphatic heterocycles. The molecular weight excluding hydrogens is 419 g/mol. The fraction of sp³-hybridized carbons (Fsp3) is 0.158. The predicted octanol–water partition coefficient (Wildman–Crippen LogP) is 5.17. The highest BCUT2D eigenvalue weighted by molar-refractivity contribution is 5.76. The summed E-state index contributed by atoms with van der Waals surface area (Å²) in [4.78, 5) is 18.8. The number of alkyl halides is 3. The highest BCUT2D eigenvalue weighted by atomic mass is 19.4. The third kappa shape index (κ3) is 5.95. The maximum absolute atomic E-state index is 12.3. The molecule has 0 fully saturated rings. The number of nitrogens with one attached hydrogen (secondary N) is 2. The summed E-state index contributed by atoms with van der Waals surface area (Å²) in [7, 11) is 0. The van der Waals surface area contributed by atoms with E-state index in [1.54, 1.807) is 24.3 Å². The van der Waals surface area contributed by atoms with Crippen LogP contribution in [0.1, 0.15) is 6.92 Å². The van der Waals surface area contributed by atoms with E-state index in [1.807, 2.05) is 6.92 Å². The van der Waals surface area contributed by atoms with Gasteiger partial charge in [-0.2, -0.15) is 0 Å². The van der Waals surface area contributed by atoms with Crippen LogP contribution in [0, 0.1) is 10.1 Å². The van der Waals surface area contributed by atoms with Gasteiger partial charge in [0, 0.05) is 11.4 Å². The fourth-order valence-electron chi connectivity index (χ4n) is 2.55. The second-order valence-corrected chi connectivity index (χ2v) is 5.96. The molecule has 1 aromatic heterocycles. The zero-order chi connectivity index (χ0) is 22.4. The minimum absolute atomic E-state index is 0.0660. The highest BCUT2D eigenvalue weighted by Gasteiger charge is 2.31. The molecule has 0 radical (unpaired) electrons. The molecule has 3 aromatic rings. The topological polar surface area (TPSA) is 111 Å². The van der Waals surface area contributed by atoms with Crippen LogP contribution in [0.3, 0.4) is 0 Å². The first-order chi connectivity index (χ1) is 14.7. The van der Waals surface area contributed by atoms with Gasteiger partial charge < -0.3 is 20.1 Å². The summed E-state index contributed by atoms with van der Waals surface area (Å²) in [6, 6.07) is 11.4. The average molecular weight is 435 g/mol. The van der Waals surface area contributed by atoms with Crippen molar-refractivity contribution in [1.82, 2.24) is 9.97 Å². The summed E-state index contributed by atoms with van der Waals surface area (Å²) in [5, 5.41) is 17.2. The summed E-state index contributed by atoms with van der Waals surface area (Å²) in [5.41, 5.74) is 0.361. The highest BCUT2D eigenvalue weighted by Crippen LogP contribution is 2.34. The monoisotopic (exact) mass is 435 g/mol. The quantitative estimate of drug-likeness (QED) is 0.368. The van der Waals surface area contributed by atoms with Gasteiger partial charge in [0.05, 0.1) is 11.5 Å². The van der Waals surface area contributed by atoms with E-state index in [4.69, 9.17) is 4.74 Å². The third-order valence-corrected chi connectivity index (χ3v) is 3.78. The Bertz CT molecular complexity index is 1040. The number of ether oxygens (including phenoxy) is 2. The number of nitrogens with zero attached hydrogens (tertiary/aromatic N) is 3. The van der Waals surface area contributed by atoms with Crippen molar-refractivity contribution in [2.24, 2.45) is 0 Å². The van der Waals surface area contributed by atoms with E-state index in [0.717, 1.165) is 18.5 Å². The molecule has 0 atom stereocenters. The number of rotatable bonds is 8. The van der Waals surface area contributed by atoms with E-state index in [1.165, 1.54) is 12.1 Å². The molecule has 0 saturated carbocycles. The van der Waals surface area contributed by atoms with Gasteiger partial charge in [-0.15, -0.1) is 13.2 Å². The minimum atomic E-state index is -4.82. The summed E-state index contributed by atoms with van der Waals surface area (Å²) >= 11 is 0. The Labute approximate surface area is 174 Å². The molecule has 3 rings (SSSR count). The van der Waals surface area contributed by atoms with Crippen molar-refractivity contribution in [3.8, 4) is 11.5 Å². The minimum Gasteiger partial charge on any atom is -0.494 e. The summed E-state index contributed by atoms with van der Waals surface area (Å²) in [5.74, 6) is 0.0141. The van der Waals surface area contributed by atoms with Gasteiger partial charge in [0.2, 0.25) is 11.6 Å². The largest absolute Gasteiger partial charge is 0.573 e. The molecular formula is C19H16F3N5O4. The lowest BCUT2D eigenvalue weighted by atomic mass is 10.3. The Kier molecular flexibility index (Phi) is 6.38. The molecule has 0 aliphatic rings. The van der Waals surface area contributed by atoms with E-state index < -0.39 is 22.7 Å². The number of aromatic nitrogens is 2. The summed E-state index contributed by atoms with van der Waals surface area (Å²) in [6.07, 6.45) is -3.70. The second-order valence-electron chi connectivity index (χ2n) is 5.96. The molecule has 162 valence electrons.